The van der Waals surface area contributed by atoms with Crippen LogP contribution in [0.15, 0.2) is 41.0 Å². The van der Waals surface area contributed by atoms with Crippen molar-refractivity contribution in [2.24, 2.45) is 0 Å². The number of rotatable bonds is 5. The minimum atomic E-state index is 0.538. The van der Waals surface area contributed by atoms with E-state index in [2.05, 4.69) is 12.2 Å². The highest BCUT2D eigenvalue weighted by Gasteiger charge is 2.05. The van der Waals surface area contributed by atoms with Crippen molar-refractivity contribution in [3.63, 3.8) is 0 Å². The van der Waals surface area contributed by atoms with Crippen LogP contribution in [-0.2, 0) is 13.2 Å². The molecule has 0 atom stereocenters. The Morgan fingerprint density at radius 2 is 1.94 bits per heavy atom. The van der Waals surface area contributed by atoms with Gasteiger partial charge in [0, 0.05) is 5.56 Å². The Morgan fingerprint density at radius 1 is 1.18 bits per heavy atom. The van der Waals surface area contributed by atoms with Crippen LogP contribution in [0.5, 0.6) is 5.75 Å². The van der Waals surface area contributed by atoms with Gasteiger partial charge in [0.25, 0.3) is 0 Å². The van der Waals surface area contributed by atoms with Crippen LogP contribution in [0.25, 0.3) is 0 Å². The van der Waals surface area contributed by atoms with Gasteiger partial charge in [-0.15, -0.1) is 0 Å². The number of nitrogens with one attached hydrogen (secondary N) is 1. The summed E-state index contributed by atoms with van der Waals surface area (Å²) in [6.45, 7) is 3.32. The fourth-order valence-electron chi connectivity index (χ4n) is 1.61. The van der Waals surface area contributed by atoms with E-state index in [9.17, 15) is 0 Å². The predicted molar refractivity (Wildman–Crippen MR) is 67.0 cm³/mol. The van der Waals surface area contributed by atoms with Gasteiger partial charge in [-0.05, 0) is 32.2 Å². The summed E-state index contributed by atoms with van der Waals surface area (Å²) in [5.41, 5.74) is 2.32. The van der Waals surface area contributed by atoms with Crippen LogP contribution in [-0.4, -0.2) is 7.05 Å². The number of benzene rings is 1. The topological polar surface area (TPSA) is 34.4 Å². The Hall–Kier alpha value is -1.74. The molecule has 2 rings (SSSR count). The Labute approximate surface area is 101 Å². The lowest BCUT2D eigenvalue weighted by Crippen LogP contribution is -2.07. The van der Waals surface area contributed by atoms with Crippen LogP contribution in [0.3, 0.4) is 0 Å². The Kier molecular flexibility index (Phi) is 3.83. The highest BCUT2D eigenvalue weighted by molar-refractivity contribution is 5.27. The minimum Gasteiger partial charge on any atom is -0.489 e. The molecule has 0 bridgehead atoms. The molecule has 1 aromatic heterocycles. The molecule has 0 saturated heterocycles. The van der Waals surface area contributed by atoms with E-state index in [1.165, 1.54) is 5.56 Å². The second-order valence-corrected chi connectivity index (χ2v) is 4.00. The molecule has 1 heterocycles. The van der Waals surface area contributed by atoms with Gasteiger partial charge in [0.05, 0.1) is 12.8 Å². The molecule has 0 radical (unpaired) electrons. The molecule has 0 unspecified atom stereocenters. The summed E-state index contributed by atoms with van der Waals surface area (Å²) in [6, 6.07) is 9.99. The largest absolute Gasteiger partial charge is 0.489 e. The smallest absolute Gasteiger partial charge is 0.124 e. The minimum absolute atomic E-state index is 0.538. The lowest BCUT2D eigenvalue weighted by atomic mass is 10.2. The summed E-state index contributed by atoms with van der Waals surface area (Å²) in [7, 11) is 1.90. The average Bonchev–Trinajstić information content (AvgIpc) is 2.77. The zero-order valence-electron chi connectivity index (χ0n) is 10.2. The van der Waals surface area contributed by atoms with Crippen molar-refractivity contribution < 1.29 is 9.15 Å². The molecular formula is C14H17NO2. The molecule has 3 heteroatoms. The molecule has 0 saturated carbocycles. The number of ether oxygens (including phenoxy) is 1. The molecule has 0 aliphatic heterocycles. The Bertz CT molecular complexity index is 459. The van der Waals surface area contributed by atoms with E-state index >= 15 is 0 Å². The van der Waals surface area contributed by atoms with E-state index in [1.54, 1.807) is 6.26 Å². The third-order valence-electron chi connectivity index (χ3n) is 2.59. The predicted octanol–water partition coefficient (Wildman–Crippen LogP) is 2.89. The monoisotopic (exact) mass is 231 g/mol. The van der Waals surface area contributed by atoms with Crippen LogP contribution >= 0.6 is 0 Å². The summed E-state index contributed by atoms with van der Waals surface area (Å²) in [5, 5.41) is 3.07. The lowest BCUT2D eigenvalue weighted by molar-refractivity contribution is 0.301. The first kappa shape index (κ1) is 11.7. The van der Waals surface area contributed by atoms with Gasteiger partial charge >= 0.3 is 0 Å². The Morgan fingerprint density at radius 3 is 2.65 bits per heavy atom. The molecule has 0 aliphatic rings. The molecule has 0 aliphatic carbocycles. The van der Waals surface area contributed by atoms with Gasteiger partial charge in [0.1, 0.15) is 18.1 Å². The zero-order valence-corrected chi connectivity index (χ0v) is 10.2. The summed E-state index contributed by atoms with van der Waals surface area (Å²) in [6.07, 6.45) is 1.69. The van der Waals surface area contributed by atoms with Crippen molar-refractivity contribution in [3.8, 4) is 5.75 Å². The molecule has 2 aromatic rings. The molecule has 17 heavy (non-hydrogen) atoms. The summed E-state index contributed by atoms with van der Waals surface area (Å²) in [4.78, 5) is 0. The summed E-state index contributed by atoms with van der Waals surface area (Å²) >= 11 is 0. The van der Waals surface area contributed by atoms with E-state index in [0.29, 0.717) is 6.61 Å². The second-order valence-electron chi connectivity index (χ2n) is 4.00. The normalized spacial score (nSPS) is 10.5. The van der Waals surface area contributed by atoms with Gasteiger partial charge < -0.3 is 14.5 Å². The standard InChI is InChI=1S/C14H17NO2/c1-11-3-5-13(6-4-11)17-10-12-7-8-16-14(12)9-15-2/h3-8,15H,9-10H2,1-2H3. The van der Waals surface area contributed by atoms with E-state index in [-0.39, 0.29) is 0 Å². The average molecular weight is 231 g/mol. The number of hydrogen-bond donors (Lipinski definition) is 1. The van der Waals surface area contributed by atoms with Gasteiger partial charge in [-0.2, -0.15) is 0 Å². The van der Waals surface area contributed by atoms with Crippen molar-refractivity contribution in [2.75, 3.05) is 7.05 Å². The first-order chi connectivity index (χ1) is 8.29. The highest BCUT2D eigenvalue weighted by Crippen LogP contribution is 2.16. The van der Waals surface area contributed by atoms with Gasteiger partial charge in [-0.25, -0.2) is 0 Å². The van der Waals surface area contributed by atoms with Gasteiger partial charge in [0.2, 0.25) is 0 Å². The van der Waals surface area contributed by atoms with Crippen molar-refractivity contribution in [1.29, 1.82) is 0 Å². The van der Waals surface area contributed by atoms with Crippen LogP contribution in [0, 0.1) is 6.92 Å². The molecule has 1 N–H and O–H groups in total. The third kappa shape index (κ3) is 3.11. The van der Waals surface area contributed by atoms with E-state index in [4.69, 9.17) is 9.15 Å². The molecule has 0 spiro atoms. The van der Waals surface area contributed by atoms with Crippen LogP contribution in [0.1, 0.15) is 16.9 Å². The first-order valence-electron chi connectivity index (χ1n) is 5.69. The quantitative estimate of drug-likeness (QED) is 0.859. The molecule has 1 aromatic carbocycles. The molecule has 90 valence electrons. The van der Waals surface area contributed by atoms with Gasteiger partial charge in [-0.3, -0.25) is 0 Å². The SMILES string of the molecule is CNCc1occc1COc1ccc(C)cc1. The number of furan rings is 1. The first-order valence-corrected chi connectivity index (χ1v) is 5.69. The van der Waals surface area contributed by atoms with Crippen molar-refractivity contribution >= 4 is 0 Å². The molecular weight excluding hydrogens is 214 g/mol. The molecule has 3 nitrogen and oxygen atoms in total. The maximum absolute atomic E-state index is 5.70. The maximum Gasteiger partial charge on any atom is 0.124 e. The summed E-state index contributed by atoms with van der Waals surface area (Å²) in [5.74, 6) is 1.81. The van der Waals surface area contributed by atoms with Crippen molar-refractivity contribution in [2.45, 2.75) is 20.1 Å². The van der Waals surface area contributed by atoms with E-state index in [1.807, 2.05) is 37.4 Å². The van der Waals surface area contributed by atoms with E-state index in [0.717, 1.165) is 23.6 Å². The fourth-order valence-corrected chi connectivity index (χ4v) is 1.61. The van der Waals surface area contributed by atoms with Crippen LogP contribution in [0.2, 0.25) is 0 Å². The van der Waals surface area contributed by atoms with Crippen molar-refractivity contribution in [3.05, 3.63) is 53.5 Å². The van der Waals surface area contributed by atoms with Gasteiger partial charge in [-0.1, -0.05) is 17.7 Å². The lowest BCUT2D eigenvalue weighted by Gasteiger charge is -2.06. The third-order valence-corrected chi connectivity index (χ3v) is 2.59. The fraction of sp³-hybridized carbons (Fsp3) is 0.286. The van der Waals surface area contributed by atoms with Crippen LogP contribution < -0.4 is 10.1 Å². The second kappa shape index (κ2) is 5.55. The number of aryl methyl sites for hydroxylation is 1. The molecule has 0 fully saturated rings. The highest BCUT2D eigenvalue weighted by atomic mass is 16.5. The van der Waals surface area contributed by atoms with Crippen molar-refractivity contribution in [1.82, 2.24) is 5.32 Å². The molecule has 0 amide bonds. The summed E-state index contributed by atoms with van der Waals surface area (Å²) < 4.78 is 11.1. The van der Waals surface area contributed by atoms with E-state index < -0.39 is 0 Å². The Balaban J connectivity index is 1.97. The zero-order chi connectivity index (χ0) is 12.1. The maximum atomic E-state index is 5.70. The van der Waals surface area contributed by atoms with Gasteiger partial charge in [0.15, 0.2) is 0 Å². The van der Waals surface area contributed by atoms with Crippen LogP contribution in [0.4, 0.5) is 0 Å². The number of hydrogen-bond acceptors (Lipinski definition) is 3.